The SMILES string of the molecule is COc1ccc(Oc2cc(NC(=O)c3n[nH]c([N+](=O)[O-])c3Br)cc([N+](=O)[O-])c2)cc1. The minimum Gasteiger partial charge on any atom is -0.497 e. The molecule has 3 aromatic rings. The Kier molecular flexibility index (Phi) is 5.92. The molecule has 13 heteroatoms. The number of nitro groups is 2. The van der Waals surface area contributed by atoms with E-state index in [4.69, 9.17) is 9.47 Å². The smallest absolute Gasteiger partial charge is 0.357 e. The van der Waals surface area contributed by atoms with E-state index in [1.807, 2.05) is 0 Å². The summed E-state index contributed by atoms with van der Waals surface area (Å²) in [5.74, 6) is -0.228. The monoisotopic (exact) mass is 477 g/mol. The summed E-state index contributed by atoms with van der Waals surface area (Å²) in [6, 6.07) is 10.2. The van der Waals surface area contributed by atoms with Crippen LogP contribution >= 0.6 is 15.9 Å². The molecule has 0 radical (unpaired) electrons. The summed E-state index contributed by atoms with van der Waals surface area (Å²) in [6.45, 7) is 0. The van der Waals surface area contributed by atoms with Crippen LogP contribution in [0.25, 0.3) is 0 Å². The molecule has 154 valence electrons. The number of aromatic nitrogens is 2. The average molecular weight is 478 g/mol. The Hall–Kier alpha value is -4.00. The highest BCUT2D eigenvalue weighted by Crippen LogP contribution is 2.31. The minimum atomic E-state index is -0.817. The van der Waals surface area contributed by atoms with Gasteiger partial charge in [0.05, 0.1) is 23.8 Å². The normalized spacial score (nSPS) is 10.3. The number of halogens is 1. The molecule has 3 rings (SSSR count). The van der Waals surface area contributed by atoms with Crippen LogP contribution in [0.4, 0.5) is 17.2 Å². The molecular formula is C17H12BrN5O7. The van der Waals surface area contributed by atoms with E-state index in [1.54, 1.807) is 24.3 Å². The van der Waals surface area contributed by atoms with Crippen LogP contribution in [-0.4, -0.2) is 33.1 Å². The van der Waals surface area contributed by atoms with E-state index in [1.165, 1.54) is 19.2 Å². The first kappa shape index (κ1) is 20.7. The van der Waals surface area contributed by atoms with Crippen molar-refractivity contribution in [3.05, 3.63) is 72.9 Å². The number of aromatic amines is 1. The molecule has 0 aliphatic rings. The molecule has 0 saturated heterocycles. The van der Waals surface area contributed by atoms with Gasteiger partial charge in [0.25, 0.3) is 11.6 Å². The van der Waals surface area contributed by atoms with Crippen molar-refractivity contribution < 1.29 is 24.1 Å². The van der Waals surface area contributed by atoms with Gasteiger partial charge in [-0.2, -0.15) is 0 Å². The van der Waals surface area contributed by atoms with Crippen LogP contribution in [0.1, 0.15) is 10.5 Å². The number of carbonyl (C=O) groups excluding carboxylic acids is 1. The molecular weight excluding hydrogens is 466 g/mol. The summed E-state index contributed by atoms with van der Waals surface area (Å²) in [7, 11) is 1.51. The Morgan fingerprint density at radius 1 is 1.07 bits per heavy atom. The second kappa shape index (κ2) is 8.57. The van der Waals surface area contributed by atoms with Crippen molar-refractivity contribution in [3.8, 4) is 17.2 Å². The van der Waals surface area contributed by atoms with Gasteiger partial charge in [-0.3, -0.25) is 14.9 Å². The maximum Gasteiger partial charge on any atom is 0.357 e. The highest BCUT2D eigenvalue weighted by Gasteiger charge is 2.25. The zero-order valence-corrected chi connectivity index (χ0v) is 16.7. The zero-order chi connectivity index (χ0) is 21.8. The summed E-state index contributed by atoms with van der Waals surface area (Å²) in [5.41, 5.74) is -0.579. The molecule has 1 aromatic heterocycles. The first-order chi connectivity index (χ1) is 14.3. The van der Waals surface area contributed by atoms with Gasteiger partial charge in [-0.05, 0) is 45.1 Å². The largest absolute Gasteiger partial charge is 0.497 e. The van der Waals surface area contributed by atoms with Crippen molar-refractivity contribution in [2.45, 2.75) is 0 Å². The number of nitrogens with zero attached hydrogens (tertiary/aromatic N) is 3. The van der Waals surface area contributed by atoms with Crippen molar-refractivity contribution in [1.29, 1.82) is 0 Å². The Bertz CT molecular complexity index is 1130. The topological polar surface area (TPSA) is 163 Å². The van der Waals surface area contributed by atoms with Crippen LogP contribution in [0.3, 0.4) is 0 Å². The predicted octanol–water partition coefficient (Wildman–Crippen LogP) is 4.04. The number of carbonyl (C=O) groups is 1. The summed E-state index contributed by atoms with van der Waals surface area (Å²) in [4.78, 5) is 33.1. The van der Waals surface area contributed by atoms with Crippen molar-refractivity contribution >= 4 is 39.0 Å². The molecule has 0 fully saturated rings. The molecule has 0 unspecified atom stereocenters. The number of ether oxygens (including phenoxy) is 2. The lowest BCUT2D eigenvalue weighted by molar-refractivity contribution is -0.390. The number of rotatable bonds is 7. The first-order valence-electron chi connectivity index (χ1n) is 8.09. The van der Waals surface area contributed by atoms with E-state index in [9.17, 15) is 25.0 Å². The minimum absolute atomic E-state index is 0.0373. The van der Waals surface area contributed by atoms with E-state index < -0.39 is 21.6 Å². The molecule has 2 N–H and O–H groups in total. The molecule has 0 aliphatic carbocycles. The molecule has 0 spiro atoms. The molecule has 0 atom stereocenters. The molecule has 0 aliphatic heterocycles. The van der Waals surface area contributed by atoms with Gasteiger partial charge in [-0.1, -0.05) is 5.10 Å². The number of nitro benzene ring substituents is 1. The van der Waals surface area contributed by atoms with Crippen LogP contribution < -0.4 is 14.8 Å². The highest BCUT2D eigenvalue weighted by molar-refractivity contribution is 9.10. The quantitative estimate of drug-likeness (QED) is 0.380. The Morgan fingerprint density at radius 3 is 2.30 bits per heavy atom. The van der Waals surface area contributed by atoms with Gasteiger partial charge in [-0.15, -0.1) is 5.10 Å². The lowest BCUT2D eigenvalue weighted by atomic mass is 10.2. The Labute approximate surface area is 176 Å². The second-order valence-electron chi connectivity index (χ2n) is 5.70. The van der Waals surface area contributed by atoms with Gasteiger partial charge in [0, 0.05) is 12.1 Å². The number of non-ortho nitro benzene ring substituents is 1. The van der Waals surface area contributed by atoms with E-state index in [2.05, 4.69) is 31.4 Å². The predicted molar refractivity (Wildman–Crippen MR) is 107 cm³/mol. The number of nitrogens with one attached hydrogen (secondary N) is 2. The summed E-state index contributed by atoms with van der Waals surface area (Å²) >= 11 is 2.93. The third-order valence-electron chi connectivity index (χ3n) is 3.74. The molecule has 2 aromatic carbocycles. The van der Waals surface area contributed by atoms with Crippen molar-refractivity contribution in [3.63, 3.8) is 0 Å². The number of amides is 1. The van der Waals surface area contributed by atoms with Crippen molar-refractivity contribution in [2.75, 3.05) is 12.4 Å². The maximum atomic E-state index is 12.4. The van der Waals surface area contributed by atoms with E-state index in [0.717, 1.165) is 6.07 Å². The van der Waals surface area contributed by atoms with E-state index >= 15 is 0 Å². The average Bonchev–Trinajstić information content (AvgIpc) is 3.10. The standard InChI is InChI=1S/C17H12BrN5O7/c1-29-11-2-4-12(5-3-11)30-13-7-9(6-10(8-13)22(25)26)19-17(24)15-14(18)16(21-20-15)23(27)28/h2-8H,1H3,(H,19,24)(H,20,21). The first-order valence-corrected chi connectivity index (χ1v) is 8.88. The fraction of sp³-hybridized carbons (Fsp3) is 0.0588. The number of methoxy groups -OCH3 is 1. The molecule has 12 nitrogen and oxygen atoms in total. The van der Waals surface area contributed by atoms with Gasteiger partial charge >= 0.3 is 5.82 Å². The van der Waals surface area contributed by atoms with Gasteiger partial charge < -0.3 is 24.9 Å². The highest BCUT2D eigenvalue weighted by atomic mass is 79.9. The lowest BCUT2D eigenvalue weighted by Gasteiger charge is -2.09. The van der Waals surface area contributed by atoms with Gasteiger partial charge in [0.1, 0.15) is 21.7 Å². The summed E-state index contributed by atoms with van der Waals surface area (Å²) in [6.07, 6.45) is 0. The van der Waals surface area contributed by atoms with Crippen LogP contribution in [0.5, 0.6) is 17.2 Å². The summed E-state index contributed by atoms with van der Waals surface area (Å²) < 4.78 is 10.5. The molecule has 1 heterocycles. The lowest BCUT2D eigenvalue weighted by Crippen LogP contribution is -2.13. The zero-order valence-electron chi connectivity index (χ0n) is 15.1. The third kappa shape index (κ3) is 4.52. The number of hydrogen-bond donors (Lipinski definition) is 2. The number of anilines is 1. The van der Waals surface area contributed by atoms with Crippen LogP contribution in [0.2, 0.25) is 0 Å². The maximum absolute atomic E-state index is 12.4. The van der Waals surface area contributed by atoms with Crippen molar-refractivity contribution in [2.24, 2.45) is 0 Å². The van der Waals surface area contributed by atoms with Gasteiger partial charge in [0.2, 0.25) is 0 Å². The van der Waals surface area contributed by atoms with Gasteiger partial charge in [0.15, 0.2) is 5.69 Å². The Morgan fingerprint density at radius 2 is 1.73 bits per heavy atom. The fourth-order valence-corrected chi connectivity index (χ4v) is 2.88. The molecule has 1 amide bonds. The molecule has 30 heavy (non-hydrogen) atoms. The fourth-order valence-electron chi connectivity index (χ4n) is 2.38. The van der Waals surface area contributed by atoms with Crippen molar-refractivity contribution in [1.82, 2.24) is 10.2 Å². The third-order valence-corrected chi connectivity index (χ3v) is 4.49. The van der Waals surface area contributed by atoms with Crippen LogP contribution in [0, 0.1) is 20.2 Å². The van der Waals surface area contributed by atoms with E-state index in [0.29, 0.717) is 11.5 Å². The van der Waals surface area contributed by atoms with E-state index in [-0.39, 0.29) is 27.3 Å². The number of H-pyrrole nitrogens is 1. The number of hydrogen-bond acceptors (Lipinski definition) is 8. The Balaban J connectivity index is 1.87. The summed E-state index contributed by atoms with van der Waals surface area (Å²) in [5, 5.41) is 30.2. The number of benzene rings is 2. The van der Waals surface area contributed by atoms with Gasteiger partial charge in [-0.25, -0.2) is 0 Å². The van der Waals surface area contributed by atoms with Crippen LogP contribution in [-0.2, 0) is 0 Å². The van der Waals surface area contributed by atoms with Crippen LogP contribution in [0.15, 0.2) is 46.9 Å². The molecule has 0 bridgehead atoms. The second-order valence-corrected chi connectivity index (χ2v) is 6.49. The molecule has 0 saturated carbocycles.